The average Bonchev–Trinajstić information content (AvgIpc) is 2.95. The van der Waals surface area contributed by atoms with E-state index in [0.717, 1.165) is 12.5 Å². The summed E-state index contributed by atoms with van der Waals surface area (Å²) < 4.78 is 22.9. The van der Waals surface area contributed by atoms with Crippen LogP contribution in [0.1, 0.15) is 30.6 Å². The molecule has 0 heterocycles. The third-order valence-electron chi connectivity index (χ3n) is 3.78. The molecule has 1 unspecified atom stereocenters. The summed E-state index contributed by atoms with van der Waals surface area (Å²) in [6.45, 7) is 4.75. The second kappa shape index (κ2) is 5.43. The van der Waals surface area contributed by atoms with Gasteiger partial charge in [-0.2, -0.15) is 0 Å². The number of carbonyl (C=O) groups excluding carboxylic acids is 1. The highest BCUT2D eigenvalue weighted by molar-refractivity contribution is 7.89. The van der Waals surface area contributed by atoms with Crippen LogP contribution in [0.4, 0.5) is 0 Å². The minimum Gasteiger partial charge on any atom is -0.352 e. The van der Waals surface area contributed by atoms with Gasteiger partial charge in [0.15, 0.2) is 0 Å². The van der Waals surface area contributed by atoms with Crippen LogP contribution in [0.5, 0.6) is 0 Å². The Bertz CT molecular complexity index is 702. The number of rotatable bonds is 4. The van der Waals surface area contributed by atoms with Crippen LogP contribution < -0.4 is 10.5 Å². The number of nitrogens with one attached hydrogen (secondary N) is 1. The molecule has 0 aromatic heterocycles. The number of sulfonamides is 1. The molecule has 1 aromatic rings. The molecule has 1 saturated carbocycles. The van der Waals surface area contributed by atoms with Gasteiger partial charge in [0, 0.05) is 11.6 Å². The highest BCUT2D eigenvalue weighted by Crippen LogP contribution is 2.51. The normalized spacial score (nSPS) is 20.1. The van der Waals surface area contributed by atoms with Crippen molar-refractivity contribution in [1.82, 2.24) is 5.32 Å². The molecule has 0 bridgehead atoms. The Morgan fingerprint density at radius 1 is 1.43 bits per heavy atom. The number of nitrogens with two attached hydrogens (primary N) is 1. The van der Waals surface area contributed by atoms with Crippen molar-refractivity contribution in [3.8, 4) is 0 Å². The van der Waals surface area contributed by atoms with E-state index in [0.29, 0.717) is 12.5 Å². The molecule has 5 nitrogen and oxygen atoms in total. The van der Waals surface area contributed by atoms with Gasteiger partial charge in [0.2, 0.25) is 10.0 Å². The third-order valence-corrected chi connectivity index (χ3v) is 5.45. The van der Waals surface area contributed by atoms with Crippen LogP contribution in [0.3, 0.4) is 0 Å². The maximum atomic E-state index is 12.2. The minimum absolute atomic E-state index is 0.00616. The molecule has 1 aliphatic carbocycles. The maximum absolute atomic E-state index is 12.2. The minimum atomic E-state index is -4.05. The molecule has 0 spiro atoms. The van der Waals surface area contributed by atoms with E-state index in [4.69, 9.17) is 28.3 Å². The van der Waals surface area contributed by atoms with Crippen molar-refractivity contribution >= 4 is 39.1 Å². The Balaban J connectivity index is 2.23. The van der Waals surface area contributed by atoms with Crippen LogP contribution in [0.15, 0.2) is 17.0 Å². The Morgan fingerprint density at radius 3 is 2.48 bits per heavy atom. The predicted octanol–water partition coefficient (Wildman–Crippen LogP) is 2.42. The highest BCUT2D eigenvalue weighted by atomic mass is 35.5. The summed E-state index contributed by atoms with van der Waals surface area (Å²) in [6.07, 6.45) is 1.04. The summed E-state index contributed by atoms with van der Waals surface area (Å²) in [5, 5.41) is 7.68. The van der Waals surface area contributed by atoms with E-state index in [-0.39, 0.29) is 25.9 Å². The molecule has 1 atom stereocenters. The molecule has 2 rings (SSSR count). The lowest BCUT2D eigenvalue weighted by molar-refractivity contribution is 0.0950. The van der Waals surface area contributed by atoms with Gasteiger partial charge in [-0.05, 0) is 29.9 Å². The van der Waals surface area contributed by atoms with Crippen LogP contribution in [0, 0.1) is 11.3 Å². The summed E-state index contributed by atoms with van der Waals surface area (Å²) in [5.41, 5.74) is 0.239. The van der Waals surface area contributed by atoms with Crippen molar-refractivity contribution in [2.45, 2.75) is 25.2 Å². The van der Waals surface area contributed by atoms with Crippen molar-refractivity contribution < 1.29 is 13.2 Å². The van der Waals surface area contributed by atoms with Crippen LogP contribution in [0.2, 0.25) is 10.0 Å². The first kappa shape index (κ1) is 16.5. The van der Waals surface area contributed by atoms with Crippen molar-refractivity contribution in [2.75, 3.05) is 6.54 Å². The van der Waals surface area contributed by atoms with Gasteiger partial charge in [0.1, 0.15) is 4.90 Å². The molecular formula is C13H16Cl2N2O3S. The van der Waals surface area contributed by atoms with E-state index in [1.165, 1.54) is 6.07 Å². The van der Waals surface area contributed by atoms with Gasteiger partial charge in [0.25, 0.3) is 5.91 Å². The molecule has 8 heteroatoms. The van der Waals surface area contributed by atoms with Crippen molar-refractivity contribution in [1.29, 1.82) is 0 Å². The smallest absolute Gasteiger partial charge is 0.252 e. The quantitative estimate of drug-likeness (QED) is 0.873. The first-order valence-corrected chi connectivity index (χ1v) is 8.62. The summed E-state index contributed by atoms with van der Waals surface area (Å²) >= 11 is 11.8. The number of benzene rings is 1. The number of carbonyl (C=O) groups is 1. The topological polar surface area (TPSA) is 89.3 Å². The fraction of sp³-hybridized carbons (Fsp3) is 0.462. The summed E-state index contributed by atoms with van der Waals surface area (Å²) in [7, 11) is -4.05. The Morgan fingerprint density at radius 2 is 2.00 bits per heavy atom. The first-order chi connectivity index (χ1) is 9.52. The summed E-state index contributed by atoms with van der Waals surface area (Å²) in [5.74, 6) is -0.0489. The average molecular weight is 351 g/mol. The Labute approximate surface area is 133 Å². The molecule has 116 valence electrons. The second-order valence-electron chi connectivity index (χ2n) is 5.91. The molecule has 21 heavy (non-hydrogen) atoms. The Hall–Kier alpha value is -0.820. The van der Waals surface area contributed by atoms with E-state index >= 15 is 0 Å². The molecular weight excluding hydrogens is 335 g/mol. The lowest BCUT2D eigenvalue weighted by Gasteiger charge is -2.10. The lowest BCUT2D eigenvalue weighted by Crippen LogP contribution is -2.27. The number of halogens is 2. The molecule has 1 fully saturated rings. The first-order valence-electron chi connectivity index (χ1n) is 6.32. The van der Waals surface area contributed by atoms with Gasteiger partial charge in [-0.1, -0.05) is 37.0 Å². The number of hydrogen-bond donors (Lipinski definition) is 2. The van der Waals surface area contributed by atoms with E-state index in [9.17, 15) is 13.2 Å². The second-order valence-corrected chi connectivity index (χ2v) is 8.25. The SMILES string of the molecule is CC1(C)CC1CNC(=O)c1cc(Cl)cc(S(N)(=O)=O)c1Cl. The van der Waals surface area contributed by atoms with Crippen LogP contribution >= 0.6 is 23.2 Å². The van der Waals surface area contributed by atoms with Gasteiger partial charge in [-0.3, -0.25) is 4.79 Å². The molecule has 0 radical (unpaired) electrons. The van der Waals surface area contributed by atoms with Crippen molar-refractivity contribution in [3.05, 3.63) is 27.7 Å². The fourth-order valence-electron chi connectivity index (χ4n) is 2.17. The standard InChI is InChI=1S/C13H16Cl2N2O3S/c1-13(2)5-7(13)6-17-12(18)9-3-8(14)4-10(11(9)15)21(16,19)20/h3-4,7H,5-6H2,1-2H3,(H,17,18)(H2,16,19,20). The van der Waals surface area contributed by atoms with Gasteiger partial charge in [0.05, 0.1) is 10.6 Å². The molecule has 1 amide bonds. The van der Waals surface area contributed by atoms with E-state index in [1.807, 2.05) is 0 Å². The summed E-state index contributed by atoms with van der Waals surface area (Å²) in [6, 6.07) is 2.45. The molecule has 1 aromatic carbocycles. The van der Waals surface area contributed by atoms with E-state index < -0.39 is 15.9 Å². The molecule has 0 aliphatic heterocycles. The fourth-order valence-corrected chi connectivity index (χ4v) is 3.62. The third kappa shape index (κ3) is 3.69. The number of primary sulfonamides is 1. The van der Waals surface area contributed by atoms with Crippen LogP contribution in [-0.4, -0.2) is 20.9 Å². The van der Waals surface area contributed by atoms with Gasteiger partial charge in [-0.15, -0.1) is 0 Å². The van der Waals surface area contributed by atoms with Crippen LogP contribution in [0.25, 0.3) is 0 Å². The zero-order valence-corrected chi connectivity index (χ0v) is 13.9. The zero-order valence-electron chi connectivity index (χ0n) is 11.6. The van der Waals surface area contributed by atoms with Crippen LogP contribution in [-0.2, 0) is 10.0 Å². The number of amides is 1. The highest BCUT2D eigenvalue weighted by Gasteiger charge is 2.45. The molecule has 1 aliphatic rings. The number of hydrogen-bond acceptors (Lipinski definition) is 3. The zero-order chi connectivity index (χ0) is 16.0. The van der Waals surface area contributed by atoms with Gasteiger partial charge >= 0.3 is 0 Å². The summed E-state index contributed by atoms with van der Waals surface area (Å²) in [4.78, 5) is 11.8. The lowest BCUT2D eigenvalue weighted by atomic mass is 10.1. The van der Waals surface area contributed by atoms with Crippen molar-refractivity contribution in [3.63, 3.8) is 0 Å². The van der Waals surface area contributed by atoms with Crippen molar-refractivity contribution in [2.24, 2.45) is 16.5 Å². The van der Waals surface area contributed by atoms with Gasteiger partial charge < -0.3 is 5.32 Å². The largest absolute Gasteiger partial charge is 0.352 e. The maximum Gasteiger partial charge on any atom is 0.252 e. The Kier molecular flexibility index (Phi) is 4.28. The molecule has 0 saturated heterocycles. The van der Waals surface area contributed by atoms with Gasteiger partial charge in [-0.25, -0.2) is 13.6 Å². The van der Waals surface area contributed by atoms with E-state index in [1.54, 1.807) is 0 Å². The molecule has 3 N–H and O–H groups in total. The predicted molar refractivity (Wildman–Crippen MR) is 82.1 cm³/mol. The monoisotopic (exact) mass is 350 g/mol. The van der Waals surface area contributed by atoms with E-state index in [2.05, 4.69) is 19.2 Å².